The Morgan fingerprint density at radius 1 is 0.723 bits per heavy atom. The molecule has 0 bridgehead atoms. The SMILES string of the molecule is C=C(C)C(=O)OCCSC(C)C(=O)NC1=NC(=Cc2[nH]c(NC(=O)CCSC(CC(=O)O)C(=O)O)c(C(=O)OC3C(C(C)(C)C)CC(C)CC3C(C)(C)C)c2C(C)CC)C(C(C)CC)=C1C(=O)OC1C(C(C)(C)C)CC(C)CC1C(C)(C)C. The molecule has 2 fully saturated rings. The van der Waals surface area contributed by atoms with Gasteiger partial charge in [-0.15, -0.1) is 23.5 Å². The van der Waals surface area contributed by atoms with E-state index < -0.39 is 70.8 Å². The number of carboxylic acid groups (broad SMARTS) is 2. The highest BCUT2D eigenvalue weighted by Gasteiger charge is 2.51. The summed E-state index contributed by atoms with van der Waals surface area (Å²) in [6.07, 6.45) is 4.50. The molecule has 0 aromatic carbocycles. The number of aliphatic imine (C=N–C) groups is 1. The van der Waals surface area contributed by atoms with E-state index in [0.717, 1.165) is 37.4 Å². The first-order valence-corrected chi connectivity index (χ1v) is 32.2. The van der Waals surface area contributed by atoms with Crippen LogP contribution in [0.4, 0.5) is 5.82 Å². The van der Waals surface area contributed by atoms with E-state index in [-0.39, 0.29) is 104 Å². The number of carboxylic acids is 2. The summed E-state index contributed by atoms with van der Waals surface area (Å²) in [5, 5.41) is 23.1. The molecule has 2 saturated carbocycles. The van der Waals surface area contributed by atoms with Crippen LogP contribution in [0.1, 0.15) is 217 Å². The molecule has 0 radical (unpaired) electrons. The number of hydrogen-bond donors (Lipinski definition) is 5. The molecule has 4 rings (SSSR count). The lowest BCUT2D eigenvalue weighted by atomic mass is 9.59. The van der Waals surface area contributed by atoms with Crippen molar-refractivity contribution in [2.24, 2.45) is 68.1 Å². The van der Waals surface area contributed by atoms with Gasteiger partial charge in [0.25, 0.3) is 0 Å². The normalized spacial score (nSPS) is 24.5. The number of aromatic nitrogens is 1. The molecule has 18 heteroatoms. The minimum atomic E-state index is -1.30. The lowest BCUT2D eigenvalue weighted by Gasteiger charge is -2.50. The summed E-state index contributed by atoms with van der Waals surface area (Å²) >= 11 is 2.11. The number of amides is 2. The van der Waals surface area contributed by atoms with E-state index in [0.29, 0.717) is 53.0 Å². The van der Waals surface area contributed by atoms with Crippen LogP contribution in [0.25, 0.3) is 6.08 Å². The molecular formula is C65H102N4O12S2. The number of rotatable bonds is 23. The number of amidine groups is 1. The van der Waals surface area contributed by atoms with Crippen molar-refractivity contribution in [2.75, 3.05) is 23.4 Å². The van der Waals surface area contributed by atoms with Crippen LogP contribution in [0.2, 0.25) is 0 Å². The predicted octanol–water partition coefficient (Wildman–Crippen LogP) is 13.9. The van der Waals surface area contributed by atoms with Crippen molar-refractivity contribution in [3.63, 3.8) is 0 Å². The number of aliphatic carboxylic acids is 2. The number of hydrogen-bond acceptors (Lipinski definition) is 13. The van der Waals surface area contributed by atoms with Gasteiger partial charge in [-0.25, -0.2) is 19.4 Å². The van der Waals surface area contributed by atoms with E-state index >= 15 is 9.59 Å². The Morgan fingerprint density at radius 2 is 1.20 bits per heavy atom. The van der Waals surface area contributed by atoms with Crippen LogP contribution in [0, 0.1) is 63.1 Å². The molecular weight excluding hydrogens is 1090 g/mol. The highest BCUT2D eigenvalue weighted by Crippen LogP contribution is 2.52. The molecule has 2 aliphatic carbocycles. The summed E-state index contributed by atoms with van der Waals surface area (Å²) in [6.45, 7) is 45.6. The van der Waals surface area contributed by atoms with Crippen LogP contribution in [0.3, 0.4) is 0 Å². The number of carbonyl (C=O) groups is 7. The van der Waals surface area contributed by atoms with Crippen LogP contribution in [-0.2, 0) is 43.0 Å². The third-order valence-corrected chi connectivity index (χ3v) is 19.6. The molecule has 0 saturated heterocycles. The average molecular weight is 1200 g/mol. The number of nitrogens with one attached hydrogen (secondary N) is 3. The summed E-state index contributed by atoms with van der Waals surface area (Å²) in [6, 6.07) is 0. The molecule has 1 aromatic heterocycles. The first kappa shape index (κ1) is 70.6. The Labute approximate surface area is 504 Å². The van der Waals surface area contributed by atoms with E-state index in [9.17, 15) is 34.2 Å². The quantitative estimate of drug-likeness (QED) is 0.0296. The monoisotopic (exact) mass is 1190 g/mol. The predicted molar refractivity (Wildman–Crippen MR) is 334 cm³/mol. The fraction of sp³-hybridized carbons (Fsp3) is 0.723. The van der Waals surface area contributed by atoms with Gasteiger partial charge in [-0.05, 0) is 115 Å². The van der Waals surface area contributed by atoms with Crippen LogP contribution in [0.15, 0.2) is 34.0 Å². The highest BCUT2D eigenvalue weighted by atomic mass is 32.2. The maximum Gasteiger partial charge on any atom is 0.342 e. The van der Waals surface area contributed by atoms with E-state index in [4.69, 9.17) is 19.2 Å². The van der Waals surface area contributed by atoms with E-state index in [1.807, 2.05) is 27.7 Å². The molecule has 3 aliphatic rings. The first-order valence-electron chi connectivity index (χ1n) is 30.1. The second-order valence-electron chi connectivity index (χ2n) is 28.4. The van der Waals surface area contributed by atoms with Crippen molar-refractivity contribution in [3.05, 3.63) is 45.8 Å². The molecule has 0 spiro atoms. The van der Waals surface area contributed by atoms with Gasteiger partial charge in [0.15, 0.2) is 0 Å². The molecule has 1 aromatic rings. The van der Waals surface area contributed by atoms with Crippen LogP contribution >= 0.6 is 23.5 Å². The number of nitrogens with zero attached hydrogens (tertiary/aromatic N) is 1. The molecule has 16 nitrogen and oxygen atoms in total. The smallest absolute Gasteiger partial charge is 0.342 e. The average Bonchev–Trinajstić information content (AvgIpc) is 4.14. The fourth-order valence-electron chi connectivity index (χ4n) is 12.2. The van der Waals surface area contributed by atoms with Gasteiger partial charge < -0.3 is 40.0 Å². The highest BCUT2D eigenvalue weighted by molar-refractivity contribution is 8.00. The number of carbonyl (C=O) groups excluding carboxylic acids is 5. The minimum absolute atomic E-state index is 0.00698. The van der Waals surface area contributed by atoms with Crippen molar-refractivity contribution in [3.8, 4) is 0 Å². The number of thioether (sulfide) groups is 2. The molecule has 1 aliphatic heterocycles. The molecule has 83 heavy (non-hydrogen) atoms. The Kier molecular flexibility index (Phi) is 24.7. The van der Waals surface area contributed by atoms with Crippen LogP contribution in [0.5, 0.6) is 0 Å². The number of esters is 3. The maximum absolute atomic E-state index is 15.6. The Bertz CT molecular complexity index is 2590. The summed E-state index contributed by atoms with van der Waals surface area (Å²) in [5.41, 5.74) is 1.42. The van der Waals surface area contributed by atoms with Gasteiger partial charge in [0.2, 0.25) is 11.8 Å². The number of ether oxygens (including phenoxy) is 3. The topological polar surface area (TPSA) is 240 Å². The van der Waals surface area contributed by atoms with Gasteiger partial charge in [-0.3, -0.25) is 19.2 Å². The molecule has 8 unspecified atom stereocenters. The van der Waals surface area contributed by atoms with Gasteiger partial charge in [-0.1, -0.05) is 131 Å². The summed E-state index contributed by atoms with van der Waals surface area (Å²) in [5.74, 6) is -4.84. The van der Waals surface area contributed by atoms with Gasteiger partial charge in [-0.2, -0.15) is 0 Å². The van der Waals surface area contributed by atoms with E-state index in [1.54, 1.807) is 19.9 Å². The van der Waals surface area contributed by atoms with Crippen molar-refractivity contribution in [1.82, 2.24) is 10.3 Å². The molecule has 5 N–H and O–H groups in total. The summed E-state index contributed by atoms with van der Waals surface area (Å²) < 4.78 is 19.1. The fourth-order valence-corrected chi connectivity index (χ4v) is 13.9. The lowest BCUT2D eigenvalue weighted by Crippen LogP contribution is -2.50. The largest absolute Gasteiger partial charge is 0.481 e. The van der Waals surface area contributed by atoms with Crippen molar-refractivity contribution >= 4 is 82.9 Å². The number of allylic oxidation sites excluding steroid dienone is 1. The standard InChI is InChI=1S/C65H102N4O12S2/c1-22-37(7)49-44(66-55(68-47(70)24-26-83-46(58(74)75)33-48(71)72)51(49)60(77)80-53-40(62(10,11)12)28-35(5)29-41(53)63(13,14)15)32-45-50(38(8)23-2)52(56(67-45)69-57(73)39(9)82-27-25-79-59(76)34(3)4)61(78)81-54-42(64(16,17)18)30-36(6)31-43(54)65(19,20)21/h32,35-43,46,53-54,66H,3,22-31,33H2,1-2,4-21H3,(H,68,70)(H,71,72)(H,74,75)(H,67,69,73). The molecule has 2 amide bonds. The van der Waals surface area contributed by atoms with Gasteiger partial charge >= 0.3 is 29.8 Å². The summed E-state index contributed by atoms with van der Waals surface area (Å²) in [4.78, 5) is 104. The van der Waals surface area contributed by atoms with Gasteiger partial charge in [0, 0.05) is 52.9 Å². The van der Waals surface area contributed by atoms with Crippen molar-refractivity contribution in [2.45, 2.75) is 218 Å². The van der Waals surface area contributed by atoms with Crippen LogP contribution < -0.4 is 10.6 Å². The lowest BCUT2D eigenvalue weighted by molar-refractivity contribution is -0.164. The zero-order valence-corrected chi connectivity index (χ0v) is 55.4. The van der Waals surface area contributed by atoms with E-state index in [1.165, 1.54) is 11.8 Å². The second kappa shape index (κ2) is 29.0. The van der Waals surface area contributed by atoms with E-state index in [2.05, 4.69) is 119 Å². The Balaban J connectivity index is 2.04. The third-order valence-electron chi connectivity index (χ3n) is 17.3. The maximum atomic E-state index is 15.6. The molecule has 2 heterocycles. The van der Waals surface area contributed by atoms with Crippen molar-refractivity contribution < 1.29 is 58.0 Å². The van der Waals surface area contributed by atoms with Gasteiger partial charge in [0.05, 0.1) is 17.4 Å². The first-order chi connectivity index (χ1) is 38.2. The molecule has 8 atom stereocenters. The second-order valence-corrected chi connectivity index (χ2v) is 31.2. The van der Waals surface area contributed by atoms with Gasteiger partial charge in [0.1, 0.15) is 46.9 Å². The minimum Gasteiger partial charge on any atom is -0.481 e. The van der Waals surface area contributed by atoms with Crippen LogP contribution in [-0.4, -0.2) is 104 Å². The summed E-state index contributed by atoms with van der Waals surface area (Å²) in [7, 11) is 0. The number of H-pyrrole nitrogens is 1. The Hall–Kier alpha value is -4.84. The zero-order valence-electron chi connectivity index (χ0n) is 53.7. The molecule has 466 valence electrons. The van der Waals surface area contributed by atoms with Crippen molar-refractivity contribution in [1.29, 1.82) is 0 Å². The zero-order chi connectivity index (χ0) is 63.0. The number of aromatic amines is 1. The Morgan fingerprint density at radius 3 is 1.64 bits per heavy atom. The third kappa shape index (κ3) is 18.8. The number of anilines is 1.